The largest absolute Gasteiger partial charge is 0.343 e. The van der Waals surface area contributed by atoms with Crippen LogP contribution in [0.4, 0.5) is 0 Å². The number of hydrogen-bond acceptors (Lipinski definition) is 3. The minimum atomic E-state index is -0.169. The number of carbonyl (C=O) groups is 2. The molecule has 2 heterocycles. The highest BCUT2D eigenvalue weighted by Gasteiger charge is 2.37. The number of aryl methyl sites for hydroxylation is 2. The molecular formula is C20H29N3O2. The van der Waals surface area contributed by atoms with Crippen molar-refractivity contribution in [2.75, 3.05) is 33.2 Å². The van der Waals surface area contributed by atoms with Gasteiger partial charge in [0.15, 0.2) is 0 Å². The predicted octanol–water partition coefficient (Wildman–Crippen LogP) is 1.98. The molecule has 25 heavy (non-hydrogen) atoms. The second-order valence-corrected chi connectivity index (χ2v) is 7.67. The molecular weight excluding hydrogens is 314 g/mol. The third-order valence-electron chi connectivity index (χ3n) is 5.48. The van der Waals surface area contributed by atoms with Crippen molar-refractivity contribution < 1.29 is 9.59 Å². The van der Waals surface area contributed by atoms with Gasteiger partial charge in [0, 0.05) is 24.7 Å². The van der Waals surface area contributed by atoms with Crippen LogP contribution in [0.1, 0.15) is 40.7 Å². The van der Waals surface area contributed by atoms with Crippen molar-refractivity contribution in [1.29, 1.82) is 0 Å². The maximum atomic E-state index is 12.7. The molecule has 1 aromatic rings. The number of hydrogen-bond donors (Lipinski definition) is 1. The van der Waals surface area contributed by atoms with Crippen LogP contribution in [-0.2, 0) is 4.79 Å². The Kier molecular flexibility index (Phi) is 5.42. The van der Waals surface area contributed by atoms with Crippen LogP contribution in [0.25, 0.3) is 0 Å². The molecule has 0 spiro atoms. The fourth-order valence-corrected chi connectivity index (χ4v) is 4.36. The molecule has 5 nitrogen and oxygen atoms in total. The lowest BCUT2D eigenvalue weighted by atomic mass is 9.84. The highest BCUT2D eigenvalue weighted by molar-refractivity contribution is 5.96. The number of benzene rings is 1. The highest BCUT2D eigenvalue weighted by atomic mass is 16.2. The maximum Gasteiger partial charge on any atom is 0.251 e. The van der Waals surface area contributed by atoms with Crippen molar-refractivity contribution in [2.45, 2.75) is 39.2 Å². The van der Waals surface area contributed by atoms with E-state index in [0.717, 1.165) is 43.6 Å². The van der Waals surface area contributed by atoms with E-state index in [2.05, 4.69) is 17.3 Å². The van der Waals surface area contributed by atoms with E-state index in [0.29, 0.717) is 17.5 Å². The smallest absolute Gasteiger partial charge is 0.251 e. The molecule has 0 unspecified atom stereocenters. The van der Waals surface area contributed by atoms with Crippen LogP contribution in [-0.4, -0.2) is 60.9 Å². The van der Waals surface area contributed by atoms with E-state index in [1.165, 1.54) is 6.42 Å². The van der Waals surface area contributed by atoms with Crippen molar-refractivity contribution >= 4 is 11.8 Å². The van der Waals surface area contributed by atoms with E-state index >= 15 is 0 Å². The standard InChI is InChI=1S/C20H29N3O2/c1-14-9-15(2)11-17(10-14)20(25)21-12-19(24)23-7-4-5-16-13-22(3)8-6-18(16)23/h9-11,16,18H,4-8,12-13H2,1-3H3,(H,21,25)/t16-,18+/m1/s1. The Hall–Kier alpha value is -1.88. The number of rotatable bonds is 3. The number of carbonyl (C=O) groups excluding carboxylic acids is 2. The van der Waals surface area contributed by atoms with E-state index in [1.807, 2.05) is 36.9 Å². The zero-order valence-corrected chi connectivity index (χ0v) is 15.5. The lowest BCUT2D eigenvalue weighted by Crippen LogP contribution is -2.56. The minimum Gasteiger partial charge on any atom is -0.343 e. The Balaban J connectivity index is 1.59. The molecule has 0 aromatic heterocycles. The van der Waals surface area contributed by atoms with Gasteiger partial charge in [0.05, 0.1) is 6.54 Å². The molecule has 2 fully saturated rings. The summed E-state index contributed by atoms with van der Waals surface area (Å²) in [6, 6.07) is 6.10. The third kappa shape index (κ3) is 4.21. The predicted molar refractivity (Wildman–Crippen MR) is 98.6 cm³/mol. The van der Waals surface area contributed by atoms with E-state index in [9.17, 15) is 9.59 Å². The van der Waals surface area contributed by atoms with Gasteiger partial charge in [-0.2, -0.15) is 0 Å². The molecule has 3 rings (SSSR count). The molecule has 0 saturated carbocycles. The van der Waals surface area contributed by atoms with E-state index < -0.39 is 0 Å². The third-order valence-corrected chi connectivity index (χ3v) is 5.48. The molecule has 2 amide bonds. The first-order valence-electron chi connectivity index (χ1n) is 9.28. The molecule has 0 bridgehead atoms. The van der Waals surface area contributed by atoms with Crippen molar-refractivity contribution in [3.63, 3.8) is 0 Å². The second-order valence-electron chi connectivity index (χ2n) is 7.67. The Morgan fingerprint density at radius 1 is 1.12 bits per heavy atom. The SMILES string of the molecule is Cc1cc(C)cc(C(=O)NCC(=O)N2CCC[C@@H]3CN(C)CC[C@@H]32)c1. The topological polar surface area (TPSA) is 52.7 Å². The minimum absolute atomic E-state index is 0.0528. The van der Waals surface area contributed by atoms with Crippen molar-refractivity contribution in [3.05, 3.63) is 34.9 Å². The fourth-order valence-electron chi connectivity index (χ4n) is 4.36. The van der Waals surface area contributed by atoms with Gasteiger partial charge in [0.2, 0.25) is 5.91 Å². The van der Waals surface area contributed by atoms with Crippen LogP contribution in [0.2, 0.25) is 0 Å². The molecule has 0 radical (unpaired) electrons. The van der Waals surface area contributed by atoms with Gasteiger partial charge < -0.3 is 15.1 Å². The van der Waals surface area contributed by atoms with Crippen molar-refractivity contribution in [1.82, 2.24) is 15.1 Å². The second kappa shape index (κ2) is 7.56. The fraction of sp³-hybridized carbons (Fsp3) is 0.600. The van der Waals surface area contributed by atoms with Gasteiger partial charge in [-0.05, 0) is 64.8 Å². The highest BCUT2D eigenvalue weighted by Crippen LogP contribution is 2.30. The van der Waals surface area contributed by atoms with Gasteiger partial charge in [-0.1, -0.05) is 17.2 Å². The summed E-state index contributed by atoms with van der Waals surface area (Å²) >= 11 is 0. The average molecular weight is 343 g/mol. The van der Waals surface area contributed by atoms with E-state index in [1.54, 1.807) is 0 Å². The Bertz CT molecular complexity index is 638. The quantitative estimate of drug-likeness (QED) is 0.913. The molecule has 1 N–H and O–H groups in total. The van der Waals surface area contributed by atoms with Crippen molar-refractivity contribution in [3.8, 4) is 0 Å². The van der Waals surface area contributed by atoms with Gasteiger partial charge in [-0.25, -0.2) is 0 Å². The van der Waals surface area contributed by atoms with Gasteiger partial charge >= 0.3 is 0 Å². The number of nitrogens with zero attached hydrogens (tertiary/aromatic N) is 2. The first-order valence-corrected chi connectivity index (χ1v) is 9.28. The van der Waals surface area contributed by atoms with Crippen LogP contribution in [0.3, 0.4) is 0 Å². The summed E-state index contributed by atoms with van der Waals surface area (Å²) in [7, 11) is 2.15. The maximum absolute atomic E-state index is 12.7. The molecule has 136 valence electrons. The molecule has 2 atom stereocenters. The summed E-state index contributed by atoms with van der Waals surface area (Å²) in [5.74, 6) is 0.459. The molecule has 1 aromatic carbocycles. The van der Waals surface area contributed by atoms with Gasteiger partial charge in [-0.3, -0.25) is 9.59 Å². The van der Waals surface area contributed by atoms with Crippen LogP contribution in [0.5, 0.6) is 0 Å². The summed E-state index contributed by atoms with van der Waals surface area (Å²) in [6.45, 7) is 6.98. The monoisotopic (exact) mass is 343 g/mol. The van der Waals surface area contributed by atoms with Crippen LogP contribution < -0.4 is 5.32 Å². The van der Waals surface area contributed by atoms with Crippen molar-refractivity contribution in [2.24, 2.45) is 5.92 Å². The molecule has 2 saturated heterocycles. The first-order chi connectivity index (χ1) is 11.9. The number of fused-ring (bicyclic) bond motifs is 1. The van der Waals surface area contributed by atoms with Crippen LogP contribution in [0, 0.1) is 19.8 Å². The number of piperidine rings is 2. The summed E-state index contributed by atoms with van der Waals surface area (Å²) in [5.41, 5.74) is 2.74. The van der Waals surface area contributed by atoms with Gasteiger partial charge in [0.25, 0.3) is 5.91 Å². The first kappa shape index (κ1) is 17.9. The summed E-state index contributed by atoms with van der Waals surface area (Å²) in [5, 5.41) is 2.81. The van der Waals surface area contributed by atoms with Gasteiger partial charge in [0.1, 0.15) is 0 Å². The normalized spacial score (nSPS) is 23.9. The molecule has 2 aliphatic heterocycles. The zero-order valence-electron chi connectivity index (χ0n) is 15.5. The summed E-state index contributed by atoms with van der Waals surface area (Å²) in [4.78, 5) is 29.5. The lowest BCUT2D eigenvalue weighted by molar-refractivity contribution is -0.137. The van der Waals surface area contributed by atoms with E-state index in [-0.39, 0.29) is 18.4 Å². The lowest BCUT2D eigenvalue weighted by Gasteiger charge is -2.46. The molecule has 2 aliphatic rings. The van der Waals surface area contributed by atoms with E-state index in [4.69, 9.17) is 0 Å². The molecule has 0 aliphatic carbocycles. The Morgan fingerprint density at radius 2 is 1.84 bits per heavy atom. The summed E-state index contributed by atoms with van der Waals surface area (Å²) < 4.78 is 0. The Morgan fingerprint density at radius 3 is 2.56 bits per heavy atom. The number of nitrogens with one attached hydrogen (secondary N) is 1. The number of likely N-dealkylation sites (tertiary alicyclic amines) is 2. The molecule has 5 heteroatoms. The van der Waals surface area contributed by atoms with Gasteiger partial charge in [-0.15, -0.1) is 0 Å². The van der Waals surface area contributed by atoms with Crippen LogP contribution >= 0.6 is 0 Å². The summed E-state index contributed by atoms with van der Waals surface area (Å²) in [6.07, 6.45) is 3.30. The Labute approximate surface area is 150 Å². The zero-order chi connectivity index (χ0) is 18.0. The van der Waals surface area contributed by atoms with Crippen LogP contribution in [0.15, 0.2) is 18.2 Å². The number of amides is 2. The average Bonchev–Trinajstić information content (AvgIpc) is 2.57.